The molecular formula is C32H38N2O5SSi. The lowest BCUT2D eigenvalue weighted by Gasteiger charge is -2.52. The number of thioether (sulfide) groups is 1. The van der Waals surface area contributed by atoms with Gasteiger partial charge in [0.15, 0.2) is 25.5 Å². The van der Waals surface area contributed by atoms with Crippen molar-refractivity contribution in [1.29, 1.82) is 0 Å². The van der Waals surface area contributed by atoms with Crippen LogP contribution in [0.25, 0.3) is 0 Å². The molecule has 41 heavy (non-hydrogen) atoms. The molecule has 0 aliphatic heterocycles. The van der Waals surface area contributed by atoms with E-state index in [1.54, 1.807) is 17.8 Å². The van der Waals surface area contributed by atoms with E-state index < -0.39 is 31.7 Å². The maximum atomic E-state index is 14.8. The quantitative estimate of drug-likeness (QED) is 0.203. The fraction of sp³-hybridized carbons (Fsp3) is 0.406. The number of hydrogen-bond donors (Lipinski definition) is 0. The van der Waals surface area contributed by atoms with Gasteiger partial charge in [0.1, 0.15) is 12.2 Å². The molecule has 1 heterocycles. The summed E-state index contributed by atoms with van der Waals surface area (Å²) in [6.07, 6.45) is 2.10. The summed E-state index contributed by atoms with van der Waals surface area (Å²) in [5, 5.41) is 3.99. The van der Waals surface area contributed by atoms with Crippen LogP contribution in [0.3, 0.4) is 0 Å². The van der Waals surface area contributed by atoms with Crippen LogP contribution < -0.4 is 4.74 Å². The zero-order valence-electron chi connectivity index (χ0n) is 24.8. The number of allylic oxidation sites excluding steroid dienone is 1. The van der Waals surface area contributed by atoms with Crippen LogP contribution in [0.15, 0.2) is 81.1 Å². The largest absolute Gasteiger partial charge is 0.470 e. The molecule has 0 N–H and O–H groups in total. The van der Waals surface area contributed by atoms with E-state index in [-0.39, 0.29) is 28.9 Å². The average Bonchev–Trinajstić information content (AvgIpc) is 3.33. The van der Waals surface area contributed by atoms with E-state index in [0.29, 0.717) is 12.2 Å². The van der Waals surface area contributed by atoms with Crippen LogP contribution in [0.1, 0.15) is 54.9 Å². The molecule has 9 heteroatoms. The summed E-state index contributed by atoms with van der Waals surface area (Å²) in [6, 6.07) is 19.2. The van der Waals surface area contributed by atoms with Crippen LogP contribution in [-0.4, -0.2) is 49.6 Å². The van der Waals surface area contributed by atoms with E-state index in [1.807, 2.05) is 79.7 Å². The van der Waals surface area contributed by atoms with Crippen molar-refractivity contribution >= 4 is 31.6 Å². The first-order chi connectivity index (χ1) is 19.3. The van der Waals surface area contributed by atoms with Gasteiger partial charge in [0.05, 0.1) is 6.04 Å². The lowest BCUT2D eigenvalue weighted by molar-refractivity contribution is -0.135. The predicted molar refractivity (Wildman–Crippen MR) is 163 cm³/mol. The third-order valence-corrected chi connectivity index (χ3v) is 14.0. The Morgan fingerprint density at radius 2 is 1.68 bits per heavy atom. The Balaban J connectivity index is 1.63. The summed E-state index contributed by atoms with van der Waals surface area (Å²) in [7, 11) is 1.23. The molecular weight excluding hydrogens is 553 g/mol. The van der Waals surface area contributed by atoms with E-state index in [4.69, 9.17) is 13.7 Å². The van der Waals surface area contributed by atoms with Crippen molar-refractivity contribution in [2.24, 2.45) is 5.92 Å². The monoisotopic (exact) mass is 590 g/mol. The van der Waals surface area contributed by atoms with Crippen molar-refractivity contribution in [2.45, 2.75) is 68.5 Å². The molecule has 2 aliphatic carbocycles. The Morgan fingerprint density at radius 3 is 2.29 bits per heavy atom. The van der Waals surface area contributed by atoms with Crippen molar-refractivity contribution in [3.8, 4) is 5.88 Å². The summed E-state index contributed by atoms with van der Waals surface area (Å²) in [6.45, 7) is 10.7. The van der Waals surface area contributed by atoms with Crippen LogP contribution in [-0.2, 0) is 15.8 Å². The molecule has 0 saturated heterocycles. The normalized spacial score (nSPS) is 22.8. The van der Waals surface area contributed by atoms with E-state index in [9.17, 15) is 9.59 Å². The van der Waals surface area contributed by atoms with E-state index >= 15 is 0 Å². The van der Waals surface area contributed by atoms with Gasteiger partial charge in [-0.05, 0) is 72.5 Å². The first-order valence-electron chi connectivity index (χ1n) is 13.9. The number of Topliss-reactive ketones (excluding diaryl/α,β-unsaturated/α-hetero) is 1. The maximum absolute atomic E-state index is 14.8. The van der Waals surface area contributed by atoms with Crippen LogP contribution >= 0.6 is 11.8 Å². The van der Waals surface area contributed by atoms with Gasteiger partial charge in [-0.25, -0.2) is 0 Å². The Bertz CT molecular complexity index is 1460. The van der Waals surface area contributed by atoms with E-state index in [1.165, 1.54) is 0 Å². The summed E-state index contributed by atoms with van der Waals surface area (Å²) in [5.41, 5.74) is -0.571. The molecule has 3 aromatic rings. The van der Waals surface area contributed by atoms with Gasteiger partial charge in [-0.2, -0.15) is 0 Å². The molecule has 3 atom stereocenters. The molecule has 1 aromatic heterocycles. The maximum Gasteiger partial charge on any atom is 0.265 e. The fourth-order valence-corrected chi connectivity index (χ4v) is 7.87. The number of nitrogens with zero attached hydrogens (tertiary/aromatic N) is 2. The second-order valence-corrected chi connectivity index (χ2v) is 18.5. The standard InChI is InChI=1S/C32H38N2O5SSi/c1-31(2,3)41(6,7)39-32-24(18-23(19-25(32)35)40-22-16-12-9-13-17-22)27(34(4)5)28-26(29(32)36)30(33-38-28)37-20-21-14-10-8-11-15-21/h8-17,19,24,27H,18,20H2,1-7H3/t24-,27-,32?/m0/s1. The molecule has 1 unspecified atom stereocenters. The van der Waals surface area contributed by atoms with Crippen molar-refractivity contribution in [2.75, 3.05) is 14.1 Å². The van der Waals surface area contributed by atoms with Crippen molar-refractivity contribution < 1.29 is 23.3 Å². The van der Waals surface area contributed by atoms with Crippen LogP contribution in [0.2, 0.25) is 18.1 Å². The highest BCUT2D eigenvalue weighted by Crippen LogP contribution is 2.56. The molecule has 0 radical (unpaired) electrons. The minimum Gasteiger partial charge on any atom is -0.470 e. The number of aromatic nitrogens is 1. The van der Waals surface area contributed by atoms with Gasteiger partial charge in [-0.1, -0.05) is 81.1 Å². The van der Waals surface area contributed by atoms with Crippen molar-refractivity contribution in [3.05, 3.63) is 88.5 Å². The molecule has 0 spiro atoms. The zero-order valence-corrected chi connectivity index (χ0v) is 26.6. The van der Waals surface area contributed by atoms with Gasteiger partial charge in [0, 0.05) is 10.8 Å². The molecule has 0 saturated carbocycles. The first kappa shape index (κ1) is 29.5. The first-order valence-corrected chi connectivity index (χ1v) is 17.6. The minimum absolute atomic E-state index is 0.0959. The molecule has 0 amide bonds. The summed E-state index contributed by atoms with van der Waals surface area (Å²) in [5.74, 6) is -0.741. The van der Waals surface area contributed by atoms with Gasteiger partial charge in [0.2, 0.25) is 5.78 Å². The molecule has 7 nitrogen and oxygen atoms in total. The van der Waals surface area contributed by atoms with Gasteiger partial charge in [-0.3, -0.25) is 14.5 Å². The number of fused-ring (bicyclic) bond motifs is 2. The smallest absolute Gasteiger partial charge is 0.265 e. The van der Waals surface area contributed by atoms with Gasteiger partial charge >= 0.3 is 0 Å². The van der Waals surface area contributed by atoms with E-state index in [0.717, 1.165) is 15.4 Å². The third kappa shape index (κ3) is 5.36. The molecule has 0 bridgehead atoms. The molecule has 5 rings (SSSR count). The van der Waals surface area contributed by atoms with Gasteiger partial charge in [-0.15, -0.1) is 0 Å². The van der Waals surface area contributed by atoms with E-state index in [2.05, 4.69) is 39.0 Å². The summed E-state index contributed by atoms with van der Waals surface area (Å²) >= 11 is 1.55. The number of hydrogen-bond acceptors (Lipinski definition) is 8. The van der Waals surface area contributed by atoms with Crippen LogP contribution in [0.5, 0.6) is 5.88 Å². The molecule has 2 aliphatic rings. The predicted octanol–water partition coefficient (Wildman–Crippen LogP) is 7.08. The Hall–Kier alpha value is -2.98. The number of ketones is 2. The van der Waals surface area contributed by atoms with Crippen molar-refractivity contribution in [3.63, 3.8) is 0 Å². The lowest BCUT2D eigenvalue weighted by Crippen LogP contribution is -2.66. The molecule has 216 valence electrons. The summed E-state index contributed by atoms with van der Waals surface area (Å²) < 4.78 is 19.0. The van der Waals surface area contributed by atoms with Crippen LogP contribution in [0.4, 0.5) is 0 Å². The van der Waals surface area contributed by atoms with Crippen molar-refractivity contribution in [1.82, 2.24) is 10.1 Å². The third-order valence-electron chi connectivity index (χ3n) is 8.49. The molecule has 2 aromatic carbocycles. The fourth-order valence-electron chi connectivity index (χ4n) is 5.39. The number of ether oxygens (including phenoxy) is 1. The second-order valence-electron chi connectivity index (χ2n) is 12.5. The van der Waals surface area contributed by atoms with Crippen LogP contribution in [0, 0.1) is 5.92 Å². The number of benzene rings is 2. The highest BCUT2D eigenvalue weighted by molar-refractivity contribution is 8.03. The lowest BCUT2D eigenvalue weighted by atomic mass is 9.65. The highest BCUT2D eigenvalue weighted by Gasteiger charge is 2.65. The average molecular weight is 591 g/mol. The zero-order chi connectivity index (χ0) is 29.6. The minimum atomic E-state index is -2.63. The topological polar surface area (TPSA) is 81.9 Å². The SMILES string of the molecule is CN(C)[C@@H]1c2onc(OCc3ccccc3)c2C(=O)C2(O[Si](C)(C)C(C)(C)C)C(=O)C=C(Sc3ccccc3)C[C@@H]12. The second kappa shape index (κ2) is 11.0. The Labute approximate surface area is 247 Å². The van der Waals surface area contributed by atoms with Gasteiger partial charge in [0.25, 0.3) is 5.88 Å². The Kier molecular flexibility index (Phi) is 7.93. The number of carbonyl (C=O) groups excluding carboxylic acids is 2. The highest BCUT2D eigenvalue weighted by atomic mass is 32.2. The number of rotatable bonds is 8. The van der Waals surface area contributed by atoms with Gasteiger partial charge < -0.3 is 13.7 Å². The summed E-state index contributed by atoms with van der Waals surface area (Å²) in [4.78, 5) is 33.1. The Morgan fingerprint density at radius 1 is 1.05 bits per heavy atom. The molecule has 0 fully saturated rings. The number of carbonyl (C=O) groups is 2.